The molecule has 2 saturated heterocycles. The molecule has 2 aliphatic rings. The van der Waals surface area contributed by atoms with Crippen molar-refractivity contribution in [3.63, 3.8) is 0 Å². The van der Waals surface area contributed by atoms with E-state index in [4.69, 9.17) is 11.6 Å². The molecule has 5 nitrogen and oxygen atoms in total. The maximum atomic E-state index is 9.25. The largest absolute Gasteiger partial charge is 0.368 e. The van der Waals surface area contributed by atoms with Gasteiger partial charge in [0.2, 0.25) is 0 Å². The van der Waals surface area contributed by atoms with E-state index in [0.717, 1.165) is 49.6 Å². The van der Waals surface area contributed by atoms with E-state index in [-0.39, 0.29) is 0 Å². The van der Waals surface area contributed by atoms with Crippen LogP contribution in [0.2, 0.25) is 5.02 Å². The predicted octanol–water partition coefficient (Wildman–Crippen LogP) is 5.32. The molecule has 1 aromatic heterocycles. The smallest absolute Gasteiger partial charge is 0.151 e. The van der Waals surface area contributed by atoms with Gasteiger partial charge in [-0.1, -0.05) is 25.4 Å². The summed E-state index contributed by atoms with van der Waals surface area (Å²) in [7, 11) is 0. The lowest BCUT2D eigenvalue weighted by Gasteiger charge is -2.39. The van der Waals surface area contributed by atoms with Crippen LogP contribution in [0, 0.1) is 23.7 Å². The van der Waals surface area contributed by atoms with Crippen molar-refractivity contribution in [1.82, 2.24) is 10.2 Å². The molecule has 2 fully saturated rings. The molecule has 2 aliphatic heterocycles. The van der Waals surface area contributed by atoms with Crippen molar-refractivity contribution < 1.29 is 0 Å². The summed E-state index contributed by atoms with van der Waals surface area (Å²) in [5.74, 6) is 1.40. The van der Waals surface area contributed by atoms with Crippen molar-refractivity contribution in [2.24, 2.45) is 5.41 Å². The Hall–Kier alpha value is -2.32. The summed E-state index contributed by atoms with van der Waals surface area (Å²) in [6.07, 6.45) is 3.50. The van der Waals surface area contributed by atoms with E-state index < -0.39 is 0 Å². The van der Waals surface area contributed by atoms with E-state index in [1.165, 1.54) is 12.1 Å². The van der Waals surface area contributed by atoms with Crippen molar-refractivity contribution in [3.05, 3.63) is 46.1 Å². The first-order chi connectivity index (χ1) is 14.3. The fourth-order valence-corrected chi connectivity index (χ4v) is 5.30. The Balaban J connectivity index is 1.47. The van der Waals surface area contributed by atoms with Gasteiger partial charge < -0.3 is 9.80 Å². The summed E-state index contributed by atoms with van der Waals surface area (Å²) in [5, 5.41) is 18.7. The summed E-state index contributed by atoms with van der Waals surface area (Å²) in [6.45, 7) is 11.7. The van der Waals surface area contributed by atoms with Crippen LogP contribution in [-0.4, -0.2) is 35.9 Å². The number of nitrogens with zero attached hydrogens (tertiary/aromatic N) is 5. The molecule has 1 atom stereocenters. The molecule has 0 N–H and O–H groups in total. The van der Waals surface area contributed by atoms with Gasteiger partial charge in [-0.3, -0.25) is 0 Å². The second-order valence-electron chi connectivity index (χ2n) is 9.32. The lowest BCUT2D eigenvalue weighted by atomic mass is 9.77. The van der Waals surface area contributed by atoms with Crippen LogP contribution in [-0.2, 0) is 0 Å². The molecule has 1 aromatic carbocycles. The first-order valence-corrected chi connectivity index (χ1v) is 11.3. The van der Waals surface area contributed by atoms with E-state index in [2.05, 4.69) is 65.0 Å². The molecule has 0 radical (unpaired) electrons. The Kier molecular flexibility index (Phi) is 5.63. The number of hydrogen-bond acceptors (Lipinski definition) is 5. The Bertz CT molecular complexity index is 955. The number of piperidine rings is 1. The maximum Gasteiger partial charge on any atom is 0.151 e. The second-order valence-corrected chi connectivity index (χ2v) is 9.70. The SMILES string of the molecule is Cc1c(N2CC3(CCN(c4ccc(C(C)C)nn4)CC3)CC2C)ccc(C#N)c1Cl. The van der Waals surface area contributed by atoms with Crippen molar-refractivity contribution in [3.8, 4) is 6.07 Å². The highest BCUT2D eigenvalue weighted by molar-refractivity contribution is 6.32. The highest BCUT2D eigenvalue weighted by Crippen LogP contribution is 2.46. The van der Waals surface area contributed by atoms with E-state index in [0.29, 0.717) is 28.0 Å². The van der Waals surface area contributed by atoms with Crippen molar-refractivity contribution in [2.45, 2.75) is 58.9 Å². The highest BCUT2D eigenvalue weighted by atomic mass is 35.5. The number of rotatable bonds is 3. The molecule has 1 spiro atoms. The topological polar surface area (TPSA) is 56.1 Å². The number of halogens is 1. The third-order valence-electron chi connectivity index (χ3n) is 6.96. The van der Waals surface area contributed by atoms with Crippen LogP contribution < -0.4 is 9.80 Å². The minimum absolute atomic E-state index is 0.327. The van der Waals surface area contributed by atoms with Gasteiger partial charge in [0.05, 0.1) is 16.3 Å². The minimum atomic E-state index is 0.327. The zero-order valence-corrected chi connectivity index (χ0v) is 19.1. The van der Waals surface area contributed by atoms with Gasteiger partial charge in [0.15, 0.2) is 5.82 Å². The molecule has 0 saturated carbocycles. The first kappa shape index (κ1) is 20.9. The van der Waals surface area contributed by atoms with Gasteiger partial charge in [-0.05, 0) is 74.3 Å². The van der Waals surface area contributed by atoms with Crippen LogP contribution in [0.5, 0.6) is 0 Å². The summed E-state index contributed by atoms with van der Waals surface area (Å²) < 4.78 is 0. The molecule has 3 heterocycles. The molecule has 158 valence electrons. The van der Waals surface area contributed by atoms with Crippen LogP contribution in [0.15, 0.2) is 24.3 Å². The van der Waals surface area contributed by atoms with Crippen LogP contribution >= 0.6 is 11.6 Å². The van der Waals surface area contributed by atoms with Crippen LogP contribution in [0.3, 0.4) is 0 Å². The van der Waals surface area contributed by atoms with Crippen molar-refractivity contribution >= 4 is 23.1 Å². The summed E-state index contributed by atoms with van der Waals surface area (Å²) in [4.78, 5) is 4.87. The van der Waals surface area contributed by atoms with Gasteiger partial charge in [-0.2, -0.15) is 10.4 Å². The monoisotopic (exact) mass is 423 g/mol. The summed E-state index contributed by atoms with van der Waals surface area (Å²) in [5.41, 5.74) is 4.11. The predicted molar refractivity (Wildman–Crippen MR) is 122 cm³/mol. The Morgan fingerprint density at radius 2 is 1.90 bits per heavy atom. The van der Waals surface area contributed by atoms with Crippen LogP contribution in [0.25, 0.3) is 0 Å². The number of anilines is 2. The van der Waals surface area contributed by atoms with Crippen molar-refractivity contribution in [2.75, 3.05) is 29.4 Å². The third-order valence-corrected chi connectivity index (χ3v) is 7.45. The molecule has 30 heavy (non-hydrogen) atoms. The van der Waals surface area contributed by atoms with E-state index in [1.807, 2.05) is 13.0 Å². The number of hydrogen-bond donors (Lipinski definition) is 0. The molecular weight excluding hydrogens is 394 g/mol. The second kappa shape index (κ2) is 8.07. The molecule has 0 aliphatic carbocycles. The maximum absolute atomic E-state index is 9.25. The molecule has 0 amide bonds. The van der Waals surface area contributed by atoms with Crippen LogP contribution in [0.4, 0.5) is 11.5 Å². The van der Waals surface area contributed by atoms with E-state index in [9.17, 15) is 5.26 Å². The summed E-state index contributed by atoms with van der Waals surface area (Å²) >= 11 is 6.45. The van der Waals surface area contributed by atoms with Crippen molar-refractivity contribution in [1.29, 1.82) is 5.26 Å². The summed E-state index contributed by atoms with van der Waals surface area (Å²) in [6, 6.07) is 10.8. The fourth-order valence-electron chi connectivity index (χ4n) is 5.10. The molecule has 0 bridgehead atoms. The highest BCUT2D eigenvalue weighted by Gasteiger charge is 2.44. The molecule has 1 unspecified atom stereocenters. The van der Waals surface area contributed by atoms with Gasteiger partial charge in [-0.25, -0.2) is 0 Å². The van der Waals surface area contributed by atoms with E-state index >= 15 is 0 Å². The number of benzene rings is 1. The minimum Gasteiger partial charge on any atom is -0.368 e. The lowest BCUT2D eigenvalue weighted by molar-refractivity contribution is 0.244. The molecule has 2 aromatic rings. The molecular formula is C24H30ClN5. The van der Waals surface area contributed by atoms with Gasteiger partial charge in [0.1, 0.15) is 6.07 Å². The van der Waals surface area contributed by atoms with E-state index in [1.54, 1.807) is 0 Å². The lowest BCUT2D eigenvalue weighted by Crippen LogP contribution is -2.42. The zero-order valence-electron chi connectivity index (χ0n) is 18.3. The van der Waals surface area contributed by atoms with Gasteiger partial charge in [0.25, 0.3) is 0 Å². The average Bonchev–Trinajstić information content (AvgIpc) is 3.06. The standard InChI is InChI=1S/C24H30ClN5/c1-16(2)20-6-8-22(28-27-20)29-11-9-24(10-12-29)13-17(3)30(15-24)21-7-5-19(14-26)23(25)18(21)4/h5-8,16-17H,9-13,15H2,1-4H3. The Morgan fingerprint density at radius 3 is 2.50 bits per heavy atom. The van der Waals surface area contributed by atoms with Gasteiger partial charge in [0, 0.05) is 31.4 Å². The third kappa shape index (κ3) is 3.74. The molecule has 6 heteroatoms. The quantitative estimate of drug-likeness (QED) is 0.668. The Morgan fingerprint density at radius 1 is 1.17 bits per heavy atom. The van der Waals surface area contributed by atoms with Gasteiger partial charge >= 0.3 is 0 Å². The van der Waals surface area contributed by atoms with Gasteiger partial charge in [-0.15, -0.1) is 5.10 Å². The number of nitriles is 1. The zero-order chi connectivity index (χ0) is 21.5. The fraction of sp³-hybridized carbons (Fsp3) is 0.542. The Labute approximate surface area is 184 Å². The van der Waals surface area contributed by atoms with Crippen LogP contribution in [0.1, 0.15) is 62.8 Å². The molecule has 4 rings (SSSR count). The average molecular weight is 424 g/mol. The number of aromatic nitrogens is 2. The first-order valence-electron chi connectivity index (χ1n) is 10.9. The normalized spacial score (nSPS) is 20.8.